The van der Waals surface area contributed by atoms with E-state index in [1.165, 1.54) is 20.8 Å². The fourth-order valence-corrected chi connectivity index (χ4v) is 3.97. The van der Waals surface area contributed by atoms with Crippen LogP contribution in [0, 0.1) is 0 Å². The lowest BCUT2D eigenvalue weighted by Gasteiger charge is -2.57. The Labute approximate surface area is 143 Å². The minimum absolute atomic E-state index is 0.274. The largest absolute Gasteiger partial charge is 0.465 e. The van der Waals surface area contributed by atoms with Gasteiger partial charge in [0.25, 0.3) is 5.79 Å². The van der Waals surface area contributed by atoms with Gasteiger partial charge in [0.2, 0.25) is 0 Å². The summed E-state index contributed by atoms with van der Waals surface area (Å²) in [6.07, 6.45) is 0.672. The highest BCUT2D eigenvalue weighted by atomic mass is 16.7. The number of nitrogens with zero attached hydrogens (tertiary/aromatic N) is 1. The normalized spacial score (nSPS) is 21.6. The first kappa shape index (κ1) is 20.4. The third-order valence-electron chi connectivity index (χ3n) is 4.14. The summed E-state index contributed by atoms with van der Waals surface area (Å²) in [4.78, 5) is 36.3. The van der Waals surface area contributed by atoms with Gasteiger partial charge in [0.15, 0.2) is 0 Å². The molecule has 0 unspecified atom stereocenters. The molecule has 1 fully saturated rings. The number of ether oxygens (including phenoxy) is 3. The first-order chi connectivity index (χ1) is 10.8. The highest BCUT2D eigenvalue weighted by Gasteiger charge is 2.56. The number of hydrogen-bond acceptors (Lipinski definition) is 7. The van der Waals surface area contributed by atoms with E-state index in [1.807, 2.05) is 27.7 Å². The van der Waals surface area contributed by atoms with Gasteiger partial charge in [0.1, 0.15) is 6.61 Å². The predicted octanol–water partition coefficient (Wildman–Crippen LogP) is 2.02. The molecule has 1 aliphatic rings. The van der Waals surface area contributed by atoms with Crippen LogP contribution in [-0.2, 0) is 28.6 Å². The van der Waals surface area contributed by atoms with Gasteiger partial charge in [0.05, 0.1) is 0 Å². The number of rotatable bonds is 5. The summed E-state index contributed by atoms with van der Waals surface area (Å²) in [5.41, 5.74) is -0.875. The van der Waals surface area contributed by atoms with Crippen molar-refractivity contribution in [3.8, 4) is 0 Å². The van der Waals surface area contributed by atoms with Crippen LogP contribution in [0.4, 0.5) is 0 Å². The summed E-state index contributed by atoms with van der Waals surface area (Å²) in [7, 11) is 0. The molecule has 0 N–H and O–H groups in total. The second-order valence-corrected chi connectivity index (χ2v) is 7.57. The molecular formula is C17H29NO6. The Kier molecular flexibility index (Phi) is 6.03. The van der Waals surface area contributed by atoms with Crippen LogP contribution in [0.3, 0.4) is 0 Å². The molecule has 0 atom stereocenters. The van der Waals surface area contributed by atoms with Gasteiger partial charge in [-0.25, -0.2) is 0 Å². The van der Waals surface area contributed by atoms with Gasteiger partial charge < -0.3 is 14.2 Å². The van der Waals surface area contributed by atoms with Gasteiger partial charge >= 0.3 is 17.9 Å². The molecule has 0 aromatic heterocycles. The third-order valence-corrected chi connectivity index (χ3v) is 4.14. The summed E-state index contributed by atoms with van der Waals surface area (Å²) in [5.74, 6) is -2.59. The third kappa shape index (κ3) is 5.19. The van der Waals surface area contributed by atoms with Gasteiger partial charge in [-0.05, 0) is 27.7 Å². The van der Waals surface area contributed by atoms with Crippen molar-refractivity contribution in [1.29, 1.82) is 0 Å². The van der Waals surface area contributed by atoms with Crippen molar-refractivity contribution in [2.45, 2.75) is 78.2 Å². The highest BCUT2D eigenvalue weighted by Crippen LogP contribution is 2.45. The standard InChI is InChI=1S/C17H29NO6/c1-12(19)22-9-8-18-15(4,5)10-17(23-13(2)20,24-14(3)21)11-16(18,6)7/h8-11H2,1-7H3. The van der Waals surface area contributed by atoms with Crippen molar-refractivity contribution in [1.82, 2.24) is 4.90 Å². The van der Waals surface area contributed by atoms with Crippen LogP contribution in [0.2, 0.25) is 0 Å². The molecule has 7 heteroatoms. The van der Waals surface area contributed by atoms with E-state index in [0.29, 0.717) is 19.4 Å². The van der Waals surface area contributed by atoms with Crippen LogP contribution in [0.15, 0.2) is 0 Å². The van der Waals surface area contributed by atoms with E-state index in [2.05, 4.69) is 4.90 Å². The van der Waals surface area contributed by atoms with Crippen molar-refractivity contribution in [3.63, 3.8) is 0 Å². The van der Waals surface area contributed by atoms with Gasteiger partial charge in [-0.15, -0.1) is 0 Å². The van der Waals surface area contributed by atoms with Gasteiger partial charge in [-0.2, -0.15) is 0 Å². The first-order valence-corrected chi connectivity index (χ1v) is 8.10. The van der Waals surface area contributed by atoms with Crippen molar-refractivity contribution in [2.24, 2.45) is 0 Å². The number of likely N-dealkylation sites (tertiary alicyclic amines) is 1. The highest BCUT2D eigenvalue weighted by molar-refractivity contribution is 5.69. The fourth-order valence-electron chi connectivity index (χ4n) is 3.97. The monoisotopic (exact) mass is 343 g/mol. The lowest BCUT2D eigenvalue weighted by atomic mass is 9.76. The zero-order valence-electron chi connectivity index (χ0n) is 15.7. The lowest BCUT2D eigenvalue weighted by Crippen LogP contribution is -2.67. The lowest BCUT2D eigenvalue weighted by molar-refractivity contribution is -0.269. The Morgan fingerprint density at radius 2 is 1.25 bits per heavy atom. The molecule has 0 saturated carbocycles. The summed E-state index contributed by atoms with van der Waals surface area (Å²) >= 11 is 0. The van der Waals surface area contributed by atoms with E-state index in [0.717, 1.165) is 0 Å². The van der Waals surface area contributed by atoms with Crippen LogP contribution in [0.25, 0.3) is 0 Å². The maximum Gasteiger partial charge on any atom is 0.305 e. The van der Waals surface area contributed by atoms with Crippen LogP contribution in [0.5, 0.6) is 0 Å². The molecule has 0 spiro atoms. The van der Waals surface area contributed by atoms with E-state index >= 15 is 0 Å². The maximum absolute atomic E-state index is 11.6. The van der Waals surface area contributed by atoms with Gasteiger partial charge in [0, 0.05) is 51.2 Å². The maximum atomic E-state index is 11.6. The molecule has 0 aromatic rings. The summed E-state index contributed by atoms with van der Waals surface area (Å²) in [5, 5.41) is 0. The molecule has 1 rings (SSSR count). The first-order valence-electron chi connectivity index (χ1n) is 8.10. The number of hydrogen-bond donors (Lipinski definition) is 0. The molecule has 1 heterocycles. The number of carbonyl (C=O) groups is 3. The molecule has 1 aliphatic heterocycles. The van der Waals surface area contributed by atoms with E-state index in [9.17, 15) is 14.4 Å². The molecule has 0 radical (unpaired) electrons. The average Bonchev–Trinajstić information content (AvgIpc) is 2.28. The smallest absolute Gasteiger partial charge is 0.305 e. The minimum Gasteiger partial charge on any atom is -0.465 e. The molecule has 7 nitrogen and oxygen atoms in total. The number of carbonyl (C=O) groups excluding carboxylic acids is 3. The molecule has 0 aromatic carbocycles. The molecule has 0 bridgehead atoms. The van der Waals surface area contributed by atoms with Crippen molar-refractivity contribution in [2.75, 3.05) is 13.2 Å². The van der Waals surface area contributed by atoms with E-state index in [4.69, 9.17) is 14.2 Å². The molecule has 138 valence electrons. The molecule has 1 saturated heterocycles. The quantitative estimate of drug-likeness (QED) is 0.558. The topological polar surface area (TPSA) is 82.1 Å². The predicted molar refractivity (Wildman–Crippen MR) is 87.0 cm³/mol. The number of esters is 3. The Bertz CT molecular complexity index is 475. The molecule has 24 heavy (non-hydrogen) atoms. The van der Waals surface area contributed by atoms with E-state index in [-0.39, 0.29) is 12.6 Å². The average molecular weight is 343 g/mol. The van der Waals surface area contributed by atoms with Gasteiger partial charge in [-0.3, -0.25) is 19.3 Å². The second kappa shape index (κ2) is 7.09. The SMILES string of the molecule is CC(=O)OCCN1C(C)(C)CC(OC(C)=O)(OC(C)=O)CC1(C)C. The van der Waals surface area contributed by atoms with Crippen molar-refractivity contribution in [3.05, 3.63) is 0 Å². The second-order valence-electron chi connectivity index (χ2n) is 7.57. The van der Waals surface area contributed by atoms with Crippen LogP contribution in [-0.4, -0.2) is 52.8 Å². The Hall–Kier alpha value is -1.63. The zero-order chi connectivity index (χ0) is 18.8. The Balaban J connectivity index is 3.07. The Morgan fingerprint density at radius 1 is 0.833 bits per heavy atom. The van der Waals surface area contributed by atoms with Crippen LogP contribution >= 0.6 is 0 Å². The van der Waals surface area contributed by atoms with Crippen molar-refractivity contribution < 1.29 is 28.6 Å². The summed E-state index contributed by atoms with van der Waals surface area (Å²) in [6, 6.07) is 0. The van der Waals surface area contributed by atoms with Crippen molar-refractivity contribution >= 4 is 17.9 Å². The minimum atomic E-state index is -1.29. The molecule has 0 amide bonds. The number of piperidine rings is 1. The van der Waals surface area contributed by atoms with E-state index < -0.39 is 28.8 Å². The van der Waals surface area contributed by atoms with E-state index in [1.54, 1.807) is 0 Å². The molecular weight excluding hydrogens is 314 g/mol. The summed E-state index contributed by atoms with van der Waals surface area (Å²) < 4.78 is 16.0. The zero-order valence-corrected chi connectivity index (χ0v) is 15.7. The fraction of sp³-hybridized carbons (Fsp3) is 0.824. The summed E-state index contributed by atoms with van der Waals surface area (Å²) in [6.45, 7) is 12.8. The van der Waals surface area contributed by atoms with Crippen LogP contribution in [0.1, 0.15) is 61.3 Å². The molecule has 0 aliphatic carbocycles. The Morgan fingerprint density at radius 3 is 1.58 bits per heavy atom. The van der Waals surface area contributed by atoms with Crippen LogP contribution < -0.4 is 0 Å². The van der Waals surface area contributed by atoms with Gasteiger partial charge in [-0.1, -0.05) is 0 Å².